The highest BCUT2D eigenvalue weighted by Crippen LogP contribution is 2.18. The van der Waals surface area contributed by atoms with Crippen molar-refractivity contribution in [2.24, 2.45) is 11.7 Å². The van der Waals surface area contributed by atoms with Gasteiger partial charge in [-0.3, -0.25) is 9.59 Å². The van der Waals surface area contributed by atoms with Crippen molar-refractivity contribution in [3.05, 3.63) is 0 Å². The second-order valence-corrected chi connectivity index (χ2v) is 5.83. The van der Waals surface area contributed by atoms with Gasteiger partial charge in [0.05, 0.1) is 6.04 Å². The van der Waals surface area contributed by atoms with Crippen molar-refractivity contribution >= 4 is 11.8 Å². The Morgan fingerprint density at radius 3 is 2.60 bits per heavy atom. The maximum absolute atomic E-state index is 11.7. The number of unbranched alkanes of at least 4 members (excludes halogenated alkanes) is 1. The number of nitrogens with two attached hydrogens (primary N) is 1. The third kappa shape index (κ3) is 4.78. The fourth-order valence-electron chi connectivity index (χ4n) is 2.82. The number of likely N-dealkylation sites (tertiary alicyclic amines) is 1. The van der Waals surface area contributed by atoms with Gasteiger partial charge in [-0.15, -0.1) is 0 Å². The molecule has 3 atom stereocenters. The zero-order valence-electron chi connectivity index (χ0n) is 13.0. The summed E-state index contributed by atoms with van der Waals surface area (Å²) in [5.74, 6) is 0.299. The van der Waals surface area contributed by atoms with Crippen molar-refractivity contribution in [2.75, 3.05) is 13.1 Å². The van der Waals surface area contributed by atoms with E-state index < -0.39 is 0 Å². The van der Waals surface area contributed by atoms with Crippen LogP contribution in [0.1, 0.15) is 52.9 Å². The molecule has 0 spiro atoms. The predicted molar refractivity (Wildman–Crippen MR) is 80.1 cm³/mol. The van der Waals surface area contributed by atoms with E-state index in [1.807, 2.05) is 11.8 Å². The van der Waals surface area contributed by atoms with Gasteiger partial charge in [0.2, 0.25) is 11.8 Å². The number of hydrogen-bond acceptors (Lipinski definition) is 3. The number of amides is 2. The Bertz CT molecular complexity index is 333. The van der Waals surface area contributed by atoms with Gasteiger partial charge in [0.1, 0.15) is 0 Å². The largest absolute Gasteiger partial charge is 0.368 e. The first-order valence-electron chi connectivity index (χ1n) is 7.82. The monoisotopic (exact) mass is 283 g/mol. The van der Waals surface area contributed by atoms with E-state index in [1.54, 1.807) is 0 Å². The molecule has 2 amide bonds. The number of hydrogen-bond donors (Lipinski definition) is 2. The summed E-state index contributed by atoms with van der Waals surface area (Å²) in [6.45, 7) is 7.67. The van der Waals surface area contributed by atoms with E-state index in [1.165, 1.54) is 0 Å². The van der Waals surface area contributed by atoms with Crippen molar-refractivity contribution in [3.8, 4) is 0 Å². The summed E-state index contributed by atoms with van der Waals surface area (Å²) in [6.07, 6.45) is 4.31. The van der Waals surface area contributed by atoms with E-state index in [9.17, 15) is 9.59 Å². The van der Waals surface area contributed by atoms with Gasteiger partial charge in [-0.25, -0.2) is 0 Å². The summed E-state index contributed by atoms with van der Waals surface area (Å²) in [5, 5.41) is 3.40. The zero-order valence-corrected chi connectivity index (χ0v) is 13.0. The van der Waals surface area contributed by atoms with Gasteiger partial charge in [-0.1, -0.05) is 33.6 Å². The number of primary amides is 1. The Balaban J connectivity index is 2.51. The molecule has 20 heavy (non-hydrogen) atoms. The van der Waals surface area contributed by atoms with Crippen LogP contribution in [0, 0.1) is 5.92 Å². The molecule has 1 heterocycles. The SMILES string of the molecule is CCCC[C@H](N[C@@H]1CCN(C(=O)CC)C[C@@H]1C)C(N)=O. The maximum Gasteiger partial charge on any atom is 0.234 e. The van der Waals surface area contributed by atoms with Gasteiger partial charge in [0.15, 0.2) is 0 Å². The zero-order chi connectivity index (χ0) is 15.1. The lowest BCUT2D eigenvalue weighted by Crippen LogP contribution is -2.55. The van der Waals surface area contributed by atoms with E-state index in [0.717, 1.165) is 38.8 Å². The molecule has 0 radical (unpaired) electrons. The highest BCUT2D eigenvalue weighted by Gasteiger charge is 2.30. The van der Waals surface area contributed by atoms with E-state index in [-0.39, 0.29) is 23.9 Å². The first kappa shape index (κ1) is 17.0. The lowest BCUT2D eigenvalue weighted by molar-refractivity contribution is -0.133. The Hall–Kier alpha value is -1.10. The van der Waals surface area contributed by atoms with Crippen molar-refractivity contribution in [3.63, 3.8) is 0 Å². The van der Waals surface area contributed by atoms with Crippen LogP contribution >= 0.6 is 0 Å². The van der Waals surface area contributed by atoms with Gasteiger partial charge in [-0.2, -0.15) is 0 Å². The molecule has 5 nitrogen and oxygen atoms in total. The fraction of sp³-hybridized carbons (Fsp3) is 0.867. The molecule has 1 saturated heterocycles. The third-order valence-corrected chi connectivity index (χ3v) is 4.17. The average molecular weight is 283 g/mol. The second kappa shape index (κ2) is 8.25. The molecule has 0 bridgehead atoms. The van der Waals surface area contributed by atoms with E-state index in [2.05, 4.69) is 19.2 Å². The summed E-state index contributed by atoms with van der Waals surface area (Å²) in [4.78, 5) is 25.1. The van der Waals surface area contributed by atoms with Crippen LogP contribution in [-0.2, 0) is 9.59 Å². The van der Waals surface area contributed by atoms with Crippen LogP contribution in [0.2, 0.25) is 0 Å². The quantitative estimate of drug-likeness (QED) is 0.739. The minimum atomic E-state index is -0.266. The van der Waals surface area contributed by atoms with E-state index in [4.69, 9.17) is 5.73 Å². The van der Waals surface area contributed by atoms with Crippen LogP contribution in [-0.4, -0.2) is 41.9 Å². The smallest absolute Gasteiger partial charge is 0.234 e. The first-order valence-corrected chi connectivity index (χ1v) is 7.82. The number of carbonyl (C=O) groups excluding carboxylic acids is 2. The van der Waals surface area contributed by atoms with E-state index >= 15 is 0 Å². The summed E-state index contributed by atoms with van der Waals surface area (Å²) in [7, 11) is 0. The molecule has 0 aromatic carbocycles. The molecule has 1 fully saturated rings. The topological polar surface area (TPSA) is 75.4 Å². The lowest BCUT2D eigenvalue weighted by Gasteiger charge is -2.38. The lowest BCUT2D eigenvalue weighted by atomic mass is 9.92. The van der Waals surface area contributed by atoms with Crippen LogP contribution in [0.15, 0.2) is 0 Å². The molecule has 3 N–H and O–H groups in total. The molecule has 1 aliphatic heterocycles. The Kier molecular flexibility index (Phi) is 6.99. The number of carbonyl (C=O) groups is 2. The summed E-state index contributed by atoms with van der Waals surface area (Å²) >= 11 is 0. The normalized spacial score (nSPS) is 24.4. The Morgan fingerprint density at radius 1 is 1.40 bits per heavy atom. The van der Waals surface area contributed by atoms with Crippen molar-refractivity contribution in [1.29, 1.82) is 0 Å². The maximum atomic E-state index is 11.7. The van der Waals surface area contributed by atoms with Crippen LogP contribution in [0.3, 0.4) is 0 Å². The number of piperidine rings is 1. The minimum absolute atomic E-state index is 0.215. The van der Waals surface area contributed by atoms with Crippen LogP contribution in [0.4, 0.5) is 0 Å². The summed E-state index contributed by atoms with van der Waals surface area (Å²) in [5.41, 5.74) is 5.47. The molecule has 0 aliphatic carbocycles. The average Bonchev–Trinajstić information content (AvgIpc) is 2.43. The standard InChI is InChI=1S/C15H29N3O2/c1-4-6-7-13(15(16)20)17-12-8-9-18(10-11(12)3)14(19)5-2/h11-13,17H,4-10H2,1-3H3,(H2,16,20)/t11-,12+,13-/m0/s1. The molecular formula is C15H29N3O2. The predicted octanol–water partition coefficient (Wildman–Crippen LogP) is 1.27. The van der Waals surface area contributed by atoms with E-state index in [0.29, 0.717) is 12.3 Å². The highest BCUT2D eigenvalue weighted by molar-refractivity contribution is 5.79. The van der Waals surface area contributed by atoms with Crippen LogP contribution in [0.25, 0.3) is 0 Å². The Labute approximate surface area is 122 Å². The molecule has 0 aromatic rings. The van der Waals surface area contributed by atoms with Gasteiger partial charge < -0.3 is 16.0 Å². The van der Waals surface area contributed by atoms with Crippen LogP contribution in [0.5, 0.6) is 0 Å². The molecular weight excluding hydrogens is 254 g/mol. The fourth-order valence-corrected chi connectivity index (χ4v) is 2.82. The second-order valence-electron chi connectivity index (χ2n) is 5.83. The summed E-state index contributed by atoms with van der Waals surface area (Å²) in [6, 6.07) is 0.0288. The van der Waals surface area contributed by atoms with Crippen molar-refractivity contribution in [1.82, 2.24) is 10.2 Å². The van der Waals surface area contributed by atoms with Gasteiger partial charge in [0, 0.05) is 25.6 Å². The number of rotatable bonds is 7. The molecule has 1 aliphatic rings. The van der Waals surface area contributed by atoms with Crippen molar-refractivity contribution < 1.29 is 9.59 Å². The minimum Gasteiger partial charge on any atom is -0.368 e. The van der Waals surface area contributed by atoms with Gasteiger partial charge in [-0.05, 0) is 18.8 Å². The number of nitrogens with one attached hydrogen (secondary N) is 1. The Morgan fingerprint density at radius 2 is 2.10 bits per heavy atom. The van der Waals surface area contributed by atoms with Gasteiger partial charge >= 0.3 is 0 Å². The molecule has 5 heteroatoms. The molecule has 0 aromatic heterocycles. The van der Waals surface area contributed by atoms with Gasteiger partial charge in [0.25, 0.3) is 0 Å². The van der Waals surface area contributed by atoms with Crippen molar-refractivity contribution in [2.45, 2.75) is 65.0 Å². The van der Waals surface area contributed by atoms with Crippen LogP contribution < -0.4 is 11.1 Å². The molecule has 0 unspecified atom stereocenters. The molecule has 1 rings (SSSR count). The third-order valence-electron chi connectivity index (χ3n) is 4.17. The number of nitrogens with zero attached hydrogens (tertiary/aromatic N) is 1. The summed E-state index contributed by atoms with van der Waals surface area (Å²) < 4.78 is 0. The highest BCUT2D eigenvalue weighted by atomic mass is 16.2. The molecule has 0 saturated carbocycles. The first-order chi connectivity index (χ1) is 9.49. The molecule has 116 valence electrons.